The Kier molecular flexibility index (Phi) is 20.9. The van der Waals surface area contributed by atoms with Gasteiger partial charge in [-0.05, 0) is 133 Å². The van der Waals surface area contributed by atoms with Crippen molar-refractivity contribution in [2.24, 2.45) is 0 Å². The molecule has 8 rings (SSSR count). The number of hydrogen-bond donors (Lipinski definition) is 0. The summed E-state index contributed by atoms with van der Waals surface area (Å²) >= 11 is 0. The molecule has 0 atom stereocenters. The molecule has 4 aromatic carbocycles. The molecule has 7 aromatic rings. The normalized spacial score (nSPS) is 11.3. The summed E-state index contributed by atoms with van der Waals surface area (Å²) < 4.78 is 4.79. The number of benzene rings is 4. The maximum Gasteiger partial charge on any atom is 0.0702 e. The van der Waals surface area contributed by atoms with Crippen LogP contribution in [0.3, 0.4) is 0 Å². The Balaban J connectivity index is 0.000000957. The molecule has 0 spiro atoms. The number of allylic oxidation sites excluding steroid dienone is 8. The number of para-hydroxylation sites is 1. The van der Waals surface area contributed by atoms with Crippen molar-refractivity contribution in [1.82, 2.24) is 14.1 Å². The van der Waals surface area contributed by atoms with E-state index in [4.69, 9.17) is 4.98 Å². The zero-order chi connectivity index (χ0) is 45.6. The molecule has 0 aliphatic heterocycles. The van der Waals surface area contributed by atoms with Crippen LogP contribution in [0.25, 0.3) is 73.3 Å². The monoisotopic (exact) mass is 822 g/mol. The fourth-order valence-corrected chi connectivity index (χ4v) is 7.64. The van der Waals surface area contributed by atoms with Crippen LogP contribution in [0.15, 0.2) is 165 Å². The van der Waals surface area contributed by atoms with Crippen molar-refractivity contribution >= 4 is 39.5 Å². The van der Waals surface area contributed by atoms with Crippen molar-refractivity contribution < 1.29 is 0 Å². The molecular formula is C59H71N3. The van der Waals surface area contributed by atoms with Crippen molar-refractivity contribution in [3.05, 3.63) is 193 Å². The van der Waals surface area contributed by atoms with Crippen LogP contribution in [0.2, 0.25) is 0 Å². The molecule has 0 saturated carbocycles. The summed E-state index contributed by atoms with van der Waals surface area (Å²) in [5.74, 6) is 0. The first-order valence-electron chi connectivity index (χ1n) is 23.0. The van der Waals surface area contributed by atoms with Crippen LogP contribution in [-0.4, -0.2) is 14.1 Å². The van der Waals surface area contributed by atoms with Gasteiger partial charge in [0.25, 0.3) is 0 Å². The average Bonchev–Trinajstić information content (AvgIpc) is 3.85. The Morgan fingerprint density at radius 2 is 1.40 bits per heavy atom. The predicted octanol–water partition coefficient (Wildman–Crippen LogP) is 18.0. The molecule has 0 unspecified atom stereocenters. The lowest BCUT2D eigenvalue weighted by atomic mass is 9.93. The maximum atomic E-state index is 4.73. The van der Waals surface area contributed by atoms with Crippen molar-refractivity contribution in [1.29, 1.82) is 0 Å². The van der Waals surface area contributed by atoms with Crippen molar-refractivity contribution in [2.45, 2.75) is 95.9 Å². The van der Waals surface area contributed by atoms with E-state index in [1.165, 1.54) is 49.8 Å². The molecule has 1 aliphatic rings. The summed E-state index contributed by atoms with van der Waals surface area (Å²) in [4.78, 5) is 4.73. The first-order chi connectivity index (χ1) is 30.6. The second-order valence-electron chi connectivity index (χ2n) is 13.2. The van der Waals surface area contributed by atoms with Gasteiger partial charge in [-0.3, -0.25) is 4.98 Å². The van der Waals surface area contributed by atoms with E-state index in [1.54, 1.807) is 0 Å². The van der Waals surface area contributed by atoms with Crippen LogP contribution in [0.5, 0.6) is 0 Å². The molecule has 0 N–H and O–H groups in total. The lowest BCUT2D eigenvalue weighted by Gasteiger charge is -2.15. The Bertz CT molecular complexity index is 2600. The van der Waals surface area contributed by atoms with Gasteiger partial charge in [-0.15, -0.1) is 0 Å². The quantitative estimate of drug-likeness (QED) is 0.133. The first-order valence-corrected chi connectivity index (χ1v) is 23.0. The highest BCUT2D eigenvalue weighted by Crippen LogP contribution is 2.42. The lowest BCUT2D eigenvalue weighted by Crippen LogP contribution is -2.01. The van der Waals surface area contributed by atoms with E-state index in [1.807, 2.05) is 125 Å². The SMILES string of the molecule is C=C/C=C\c1c(C)c2cc(-c3cccc4c3c3c(n4-c4cc(C(=C)/C=C\C=C/C)cc(-c5ccccn5)c4)C=CCC3)ccc2n1-c1ccccc1.CC.CC.CC.CC.CC. The van der Waals surface area contributed by atoms with E-state index in [2.05, 4.69) is 145 Å². The van der Waals surface area contributed by atoms with Crippen LogP contribution in [-0.2, 0) is 6.42 Å². The summed E-state index contributed by atoms with van der Waals surface area (Å²) in [6.45, 7) is 32.6. The summed E-state index contributed by atoms with van der Waals surface area (Å²) in [5.41, 5.74) is 16.1. The van der Waals surface area contributed by atoms with Crippen LogP contribution in [0.1, 0.15) is 111 Å². The number of rotatable bonds is 9. The minimum atomic E-state index is 0.936. The van der Waals surface area contributed by atoms with E-state index < -0.39 is 0 Å². The minimum Gasteiger partial charge on any atom is -0.310 e. The van der Waals surface area contributed by atoms with E-state index in [0.29, 0.717) is 0 Å². The Labute approximate surface area is 374 Å². The molecule has 322 valence electrons. The van der Waals surface area contributed by atoms with Gasteiger partial charge in [-0.2, -0.15) is 0 Å². The average molecular weight is 822 g/mol. The van der Waals surface area contributed by atoms with Gasteiger partial charge >= 0.3 is 0 Å². The van der Waals surface area contributed by atoms with E-state index in [-0.39, 0.29) is 0 Å². The van der Waals surface area contributed by atoms with Gasteiger partial charge in [0.05, 0.1) is 16.7 Å². The van der Waals surface area contributed by atoms with Gasteiger partial charge < -0.3 is 9.13 Å². The highest BCUT2D eigenvalue weighted by molar-refractivity contribution is 6.04. The minimum absolute atomic E-state index is 0.936. The van der Waals surface area contributed by atoms with Crippen molar-refractivity contribution in [3.8, 4) is 33.8 Å². The van der Waals surface area contributed by atoms with Crippen molar-refractivity contribution in [2.75, 3.05) is 0 Å². The molecular weight excluding hydrogens is 751 g/mol. The molecule has 3 heterocycles. The zero-order valence-corrected chi connectivity index (χ0v) is 39.8. The molecule has 1 aliphatic carbocycles. The summed E-state index contributed by atoms with van der Waals surface area (Å²) in [6, 6.07) is 37.1. The molecule has 3 nitrogen and oxygen atoms in total. The van der Waals surface area contributed by atoms with Gasteiger partial charge in [-0.25, -0.2) is 0 Å². The predicted molar refractivity (Wildman–Crippen MR) is 280 cm³/mol. The highest BCUT2D eigenvalue weighted by atomic mass is 15.0. The molecule has 3 heteroatoms. The van der Waals surface area contributed by atoms with Gasteiger partial charge in [0.15, 0.2) is 0 Å². The fourth-order valence-electron chi connectivity index (χ4n) is 7.64. The van der Waals surface area contributed by atoms with E-state index in [0.717, 1.165) is 52.3 Å². The molecule has 0 bridgehead atoms. The topological polar surface area (TPSA) is 22.8 Å². The number of aromatic nitrogens is 3. The Hall–Kier alpha value is -6.45. The fraction of sp³-hybridized carbons (Fsp3) is 0.237. The molecule has 0 amide bonds. The zero-order valence-electron chi connectivity index (χ0n) is 39.8. The Morgan fingerprint density at radius 3 is 2.08 bits per heavy atom. The third-order valence-corrected chi connectivity index (χ3v) is 10.1. The third-order valence-electron chi connectivity index (χ3n) is 10.1. The summed E-state index contributed by atoms with van der Waals surface area (Å²) in [7, 11) is 0. The van der Waals surface area contributed by atoms with Gasteiger partial charge in [0.1, 0.15) is 0 Å². The van der Waals surface area contributed by atoms with Gasteiger partial charge in [-0.1, -0.05) is 167 Å². The number of pyridine rings is 1. The molecule has 3 aromatic heterocycles. The third kappa shape index (κ3) is 10.9. The molecule has 62 heavy (non-hydrogen) atoms. The summed E-state index contributed by atoms with van der Waals surface area (Å²) in [6.07, 6.45) is 22.7. The highest BCUT2D eigenvalue weighted by Gasteiger charge is 2.23. The second-order valence-corrected chi connectivity index (χ2v) is 13.2. The van der Waals surface area contributed by atoms with E-state index >= 15 is 0 Å². The van der Waals surface area contributed by atoms with E-state index in [9.17, 15) is 0 Å². The van der Waals surface area contributed by atoms with Gasteiger partial charge in [0, 0.05) is 45.3 Å². The number of hydrogen-bond acceptors (Lipinski definition) is 1. The van der Waals surface area contributed by atoms with Gasteiger partial charge in [0.2, 0.25) is 0 Å². The Morgan fingerprint density at radius 1 is 0.677 bits per heavy atom. The lowest BCUT2D eigenvalue weighted by molar-refractivity contribution is 0.967. The van der Waals surface area contributed by atoms with Crippen LogP contribution in [0.4, 0.5) is 0 Å². The maximum absolute atomic E-state index is 4.73. The van der Waals surface area contributed by atoms with Crippen LogP contribution >= 0.6 is 0 Å². The van der Waals surface area contributed by atoms with Crippen LogP contribution < -0.4 is 0 Å². The largest absolute Gasteiger partial charge is 0.310 e. The number of fused-ring (bicyclic) bond motifs is 4. The molecule has 0 fully saturated rings. The molecule has 0 saturated heterocycles. The standard InChI is InChI=1S/C49H41N3.5C2H6/c1-5-7-10-18-34(3)37-30-38(44-23-15-16-29-50-44)32-40(31-37)52-46-25-14-13-21-42(46)49-41(22-17-26-48(49)52)36-27-28-47-43(33-36)35(4)45(24-8-6-2)51(47)39-19-11-9-12-20-39;5*1-2/h5-12,14-20,22-33H,2-3,13,21H2,1,4H3;5*1-2H3/b7-5-,18-10-,24-8-;;;;;. The number of aryl methyl sites for hydroxylation is 2. The molecule has 0 radical (unpaired) electrons. The van der Waals surface area contributed by atoms with Crippen LogP contribution in [0, 0.1) is 6.92 Å². The first kappa shape index (κ1) is 49.9. The smallest absolute Gasteiger partial charge is 0.0702 e. The number of nitrogens with zero attached hydrogens (tertiary/aromatic N) is 3. The second kappa shape index (κ2) is 26.0. The van der Waals surface area contributed by atoms with Crippen molar-refractivity contribution in [3.63, 3.8) is 0 Å². The summed E-state index contributed by atoms with van der Waals surface area (Å²) in [5, 5.41) is 2.55.